The van der Waals surface area contributed by atoms with Crippen LogP contribution in [-0.4, -0.2) is 84.6 Å². The number of carbonyl (C=O) groups is 3. The Morgan fingerprint density at radius 3 is 2.62 bits per heavy atom. The topological polar surface area (TPSA) is 94.2 Å². The van der Waals surface area contributed by atoms with Crippen LogP contribution in [0.15, 0.2) is 35.5 Å². The highest BCUT2D eigenvalue weighted by molar-refractivity contribution is 5.95. The van der Waals surface area contributed by atoms with Crippen LogP contribution in [0.5, 0.6) is 0 Å². The van der Waals surface area contributed by atoms with Crippen LogP contribution < -0.4 is 10.6 Å². The molecule has 9 nitrogen and oxygen atoms in total. The van der Waals surface area contributed by atoms with Gasteiger partial charge in [-0.25, -0.2) is 18.8 Å². The maximum atomic E-state index is 14.0. The monoisotopic (exact) mass is 475 g/mol. The number of likely N-dealkylation sites (N-methyl/N-ethyl adjacent to an activating group) is 1. The Morgan fingerprint density at radius 2 is 2.00 bits per heavy atom. The van der Waals surface area contributed by atoms with E-state index in [4.69, 9.17) is 4.74 Å². The fraction of sp³-hybridized carbons (Fsp3) is 0.542. The van der Waals surface area contributed by atoms with Crippen molar-refractivity contribution in [3.05, 3.63) is 46.9 Å². The van der Waals surface area contributed by atoms with E-state index >= 15 is 0 Å². The van der Waals surface area contributed by atoms with Crippen molar-refractivity contribution in [3.63, 3.8) is 0 Å². The van der Waals surface area contributed by atoms with Gasteiger partial charge in [0.25, 0.3) is 0 Å². The number of amides is 4. The van der Waals surface area contributed by atoms with E-state index in [9.17, 15) is 18.8 Å². The number of nitrogens with zero attached hydrogens (tertiary/aromatic N) is 3. The number of ether oxygens (including phenoxy) is 1. The van der Waals surface area contributed by atoms with Crippen molar-refractivity contribution in [2.45, 2.75) is 39.8 Å². The lowest BCUT2D eigenvalue weighted by Crippen LogP contribution is -2.58. The molecule has 0 bridgehead atoms. The van der Waals surface area contributed by atoms with Gasteiger partial charge < -0.3 is 20.3 Å². The van der Waals surface area contributed by atoms with Gasteiger partial charge in [-0.1, -0.05) is 12.1 Å². The fourth-order valence-electron chi connectivity index (χ4n) is 4.54. The number of esters is 1. The first-order chi connectivity index (χ1) is 16.3. The zero-order chi connectivity index (χ0) is 24.8. The molecule has 0 spiro atoms. The van der Waals surface area contributed by atoms with E-state index < -0.39 is 17.8 Å². The summed E-state index contributed by atoms with van der Waals surface area (Å²) >= 11 is 0. The number of nitrogens with one attached hydrogen (secondary N) is 2. The van der Waals surface area contributed by atoms with Crippen LogP contribution in [-0.2, 0) is 9.53 Å². The second-order valence-corrected chi connectivity index (χ2v) is 8.38. The van der Waals surface area contributed by atoms with E-state index in [1.54, 1.807) is 24.0 Å². The van der Waals surface area contributed by atoms with Crippen molar-refractivity contribution in [2.24, 2.45) is 0 Å². The van der Waals surface area contributed by atoms with Crippen molar-refractivity contribution in [3.8, 4) is 0 Å². The third kappa shape index (κ3) is 5.49. The zero-order valence-corrected chi connectivity index (χ0v) is 20.3. The molecule has 1 fully saturated rings. The van der Waals surface area contributed by atoms with Gasteiger partial charge in [0.05, 0.1) is 18.2 Å². The fourth-order valence-corrected chi connectivity index (χ4v) is 4.54. The highest BCUT2D eigenvalue weighted by Crippen LogP contribution is 2.32. The molecule has 0 aliphatic carbocycles. The maximum absolute atomic E-state index is 14.0. The lowest BCUT2D eigenvalue weighted by molar-refractivity contribution is -0.139. The molecule has 0 aromatic heterocycles. The van der Waals surface area contributed by atoms with Crippen LogP contribution in [0.3, 0.4) is 0 Å². The zero-order valence-electron chi connectivity index (χ0n) is 20.3. The molecule has 10 heteroatoms. The molecule has 1 saturated heterocycles. The maximum Gasteiger partial charge on any atom is 0.338 e. The van der Waals surface area contributed by atoms with E-state index in [1.807, 2.05) is 20.8 Å². The Balaban J connectivity index is 1.96. The summed E-state index contributed by atoms with van der Waals surface area (Å²) < 4.78 is 19.4. The van der Waals surface area contributed by atoms with E-state index in [-0.39, 0.29) is 24.7 Å². The number of urea groups is 2. The molecule has 2 N–H and O–H groups in total. The van der Waals surface area contributed by atoms with Crippen LogP contribution in [0.4, 0.5) is 14.0 Å². The average Bonchev–Trinajstić information content (AvgIpc) is 2.79. The second kappa shape index (κ2) is 11.3. The van der Waals surface area contributed by atoms with E-state index in [1.165, 1.54) is 17.0 Å². The first kappa shape index (κ1) is 25.5. The molecule has 0 radical (unpaired) electrons. The van der Waals surface area contributed by atoms with E-state index in [0.29, 0.717) is 56.1 Å². The van der Waals surface area contributed by atoms with Gasteiger partial charge in [-0.3, -0.25) is 9.80 Å². The molecule has 2 aliphatic heterocycles. The summed E-state index contributed by atoms with van der Waals surface area (Å²) in [6.07, 6.45) is 0. The van der Waals surface area contributed by atoms with Crippen molar-refractivity contribution in [1.29, 1.82) is 0 Å². The third-order valence-corrected chi connectivity index (χ3v) is 6.11. The molecule has 0 saturated carbocycles. The van der Waals surface area contributed by atoms with Crippen molar-refractivity contribution in [2.75, 3.05) is 45.9 Å². The minimum Gasteiger partial charge on any atom is -0.463 e. The van der Waals surface area contributed by atoms with Crippen LogP contribution in [0.2, 0.25) is 0 Å². The Morgan fingerprint density at radius 1 is 1.24 bits per heavy atom. The number of hydrogen-bond donors (Lipinski definition) is 2. The third-order valence-electron chi connectivity index (χ3n) is 6.11. The quantitative estimate of drug-likeness (QED) is 0.591. The molecule has 3 rings (SSSR count). The predicted molar refractivity (Wildman–Crippen MR) is 125 cm³/mol. The summed E-state index contributed by atoms with van der Waals surface area (Å²) in [6.45, 7) is 10.5. The smallest absolute Gasteiger partial charge is 0.338 e. The molecular formula is C24H34FN5O4. The van der Waals surface area contributed by atoms with Crippen molar-refractivity contribution in [1.82, 2.24) is 25.3 Å². The standard InChI is InChI=1S/C24H34FN5O4/c1-5-26-23(32)30-12-11-28(14-16(30)4)15-19-20(22(31)34-7-3)21(27-24(33)29(19)6-2)17-9-8-10-18(25)13-17/h8-10,13,16,21H,5-7,11-12,14-15H2,1-4H3,(H,26,32)(H,27,33)/t16-,21-/m0/s1. The van der Waals surface area contributed by atoms with Gasteiger partial charge in [-0.05, 0) is 45.4 Å². The van der Waals surface area contributed by atoms with Gasteiger partial charge in [-0.2, -0.15) is 0 Å². The first-order valence-corrected chi connectivity index (χ1v) is 11.8. The average molecular weight is 476 g/mol. The summed E-state index contributed by atoms with van der Waals surface area (Å²) in [5, 5.41) is 5.68. The number of benzene rings is 1. The van der Waals surface area contributed by atoms with Crippen LogP contribution >= 0.6 is 0 Å². The molecule has 1 aromatic carbocycles. The van der Waals surface area contributed by atoms with Crippen LogP contribution in [0, 0.1) is 5.82 Å². The van der Waals surface area contributed by atoms with Gasteiger partial charge in [0, 0.05) is 51.0 Å². The Kier molecular flexibility index (Phi) is 8.49. The van der Waals surface area contributed by atoms with Crippen LogP contribution in [0.25, 0.3) is 0 Å². The normalized spacial score (nSPS) is 21.4. The number of halogens is 1. The molecule has 186 valence electrons. The first-order valence-electron chi connectivity index (χ1n) is 11.8. The molecular weight excluding hydrogens is 441 g/mol. The largest absolute Gasteiger partial charge is 0.463 e. The Bertz CT molecular complexity index is 953. The minimum absolute atomic E-state index is 0.0431. The van der Waals surface area contributed by atoms with Gasteiger partial charge in [0.2, 0.25) is 0 Å². The van der Waals surface area contributed by atoms with Gasteiger partial charge >= 0.3 is 18.0 Å². The second-order valence-electron chi connectivity index (χ2n) is 8.38. The molecule has 1 aromatic rings. The number of rotatable bonds is 7. The van der Waals surface area contributed by atoms with Gasteiger partial charge in [-0.15, -0.1) is 0 Å². The van der Waals surface area contributed by atoms with Crippen LogP contribution in [0.1, 0.15) is 39.3 Å². The number of carbonyl (C=O) groups excluding carboxylic acids is 3. The Hall–Kier alpha value is -3.14. The van der Waals surface area contributed by atoms with E-state index in [0.717, 1.165) is 0 Å². The number of piperazine rings is 1. The summed E-state index contributed by atoms with van der Waals surface area (Å²) in [4.78, 5) is 43.9. The highest BCUT2D eigenvalue weighted by Gasteiger charge is 2.39. The molecule has 34 heavy (non-hydrogen) atoms. The summed E-state index contributed by atoms with van der Waals surface area (Å²) in [7, 11) is 0. The lowest BCUT2D eigenvalue weighted by atomic mass is 9.94. The highest BCUT2D eigenvalue weighted by atomic mass is 19.1. The van der Waals surface area contributed by atoms with Gasteiger partial charge in [0.15, 0.2) is 0 Å². The summed E-state index contributed by atoms with van der Waals surface area (Å²) in [5.74, 6) is -0.996. The molecule has 2 atom stereocenters. The number of hydrogen-bond acceptors (Lipinski definition) is 5. The predicted octanol–water partition coefficient (Wildman–Crippen LogP) is 2.46. The summed E-state index contributed by atoms with van der Waals surface area (Å²) in [5.41, 5.74) is 1.31. The summed E-state index contributed by atoms with van der Waals surface area (Å²) in [6, 6.07) is 4.54. The molecule has 2 aliphatic rings. The molecule has 4 amide bonds. The lowest BCUT2D eigenvalue weighted by Gasteiger charge is -2.42. The van der Waals surface area contributed by atoms with Gasteiger partial charge in [0.1, 0.15) is 5.82 Å². The Labute approximate surface area is 199 Å². The van der Waals surface area contributed by atoms with E-state index in [2.05, 4.69) is 15.5 Å². The molecule has 2 heterocycles. The van der Waals surface area contributed by atoms with Crippen molar-refractivity contribution >= 4 is 18.0 Å². The molecule has 0 unspecified atom stereocenters. The minimum atomic E-state index is -0.825. The SMILES string of the molecule is CCNC(=O)N1CCN(CC2=C(C(=O)OCC)[C@H](c3cccc(F)c3)NC(=O)N2CC)C[C@@H]1C. The van der Waals surface area contributed by atoms with Crippen molar-refractivity contribution < 1.29 is 23.5 Å².